The molecule has 3 rings (SSSR count). The van der Waals surface area contributed by atoms with Crippen LogP contribution in [0.2, 0.25) is 0 Å². The smallest absolute Gasteiger partial charge is 0.220 e. The fourth-order valence-electron chi connectivity index (χ4n) is 2.93. The Bertz CT molecular complexity index is 600. The first kappa shape index (κ1) is 15.7. The zero-order chi connectivity index (χ0) is 15.9. The van der Waals surface area contributed by atoms with Crippen molar-refractivity contribution >= 4 is 5.91 Å². The monoisotopic (exact) mass is 312 g/mol. The van der Waals surface area contributed by atoms with Crippen molar-refractivity contribution in [3.05, 3.63) is 53.9 Å². The number of nitrogens with zero attached hydrogens (tertiary/aromatic N) is 2. The van der Waals surface area contributed by atoms with Gasteiger partial charge in [0.15, 0.2) is 0 Å². The average molecular weight is 312 g/mol. The molecule has 1 aromatic carbocycles. The van der Waals surface area contributed by atoms with Crippen molar-refractivity contribution in [2.24, 2.45) is 5.92 Å². The molecule has 1 unspecified atom stereocenters. The molecule has 2 heterocycles. The molecule has 0 bridgehead atoms. The number of benzene rings is 1. The van der Waals surface area contributed by atoms with Crippen molar-refractivity contribution < 1.29 is 4.79 Å². The fourth-order valence-corrected chi connectivity index (χ4v) is 2.93. The van der Waals surface area contributed by atoms with Gasteiger partial charge in [0.1, 0.15) is 0 Å². The first-order valence-corrected chi connectivity index (χ1v) is 8.32. The molecule has 1 aromatic heterocycles. The Morgan fingerprint density at radius 3 is 2.83 bits per heavy atom. The summed E-state index contributed by atoms with van der Waals surface area (Å²) >= 11 is 0. The van der Waals surface area contributed by atoms with Gasteiger partial charge in [0.25, 0.3) is 0 Å². The van der Waals surface area contributed by atoms with Gasteiger partial charge >= 0.3 is 0 Å². The molecule has 2 aromatic rings. The first-order chi connectivity index (χ1) is 11.3. The standard InChI is InChI=1S/C18H24N4O/c23-18(7-6-16-8-10-19-12-16)20-13-15-2-4-17(5-3-15)14-22-11-1-9-21-22/h1-5,9,11,16,19H,6-8,10,12-14H2,(H,20,23). The second-order valence-corrected chi connectivity index (χ2v) is 6.19. The van der Waals surface area contributed by atoms with E-state index < -0.39 is 0 Å². The minimum atomic E-state index is 0.150. The molecule has 0 radical (unpaired) electrons. The molecule has 1 saturated heterocycles. The zero-order valence-electron chi connectivity index (χ0n) is 13.4. The number of rotatable bonds is 7. The molecule has 1 aliphatic rings. The highest BCUT2D eigenvalue weighted by atomic mass is 16.1. The van der Waals surface area contributed by atoms with E-state index in [4.69, 9.17) is 0 Å². The van der Waals surface area contributed by atoms with Gasteiger partial charge in [-0.05, 0) is 49.0 Å². The Morgan fingerprint density at radius 1 is 1.30 bits per heavy atom. The summed E-state index contributed by atoms with van der Waals surface area (Å²) in [4.78, 5) is 11.9. The molecule has 0 spiro atoms. The topological polar surface area (TPSA) is 59.0 Å². The minimum absolute atomic E-state index is 0.150. The predicted molar refractivity (Wildman–Crippen MR) is 89.8 cm³/mol. The van der Waals surface area contributed by atoms with Crippen molar-refractivity contribution in [3.63, 3.8) is 0 Å². The van der Waals surface area contributed by atoms with Crippen molar-refractivity contribution in [3.8, 4) is 0 Å². The van der Waals surface area contributed by atoms with E-state index in [1.165, 1.54) is 12.0 Å². The van der Waals surface area contributed by atoms with Gasteiger partial charge in [-0.2, -0.15) is 5.10 Å². The molecule has 5 nitrogen and oxygen atoms in total. The normalized spacial score (nSPS) is 17.3. The highest BCUT2D eigenvalue weighted by molar-refractivity contribution is 5.75. The molecule has 122 valence electrons. The van der Waals surface area contributed by atoms with Crippen LogP contribution in [0.25, 0.3) is 0 Å². The lowest BCUT2D eigenvalue weighted by atomic mass is 10.0. The molecule has 23 heavy (non-hydrogen) atoms. The van der Waals surface area contributed by atoms with Gasteiger partial charge in [-0.1, -0.05) is 24.3 Å². The number of hydrogen-bond donors (Lipinski definition) is 2. The molecule has 5 heteroatoms. The lowest BCUT2D eigenvalue weighted by molar-refractivity contribution is -0.121. The van der Waals surface area contributed by atoms with Crippen LogP contribution < -0.4 is 10.6 Å². The quantitative estimate of drug-likeness (QED) is 0.821. The van der Waals surface area contributed by atoms with Gasteiger partial charge in [0.05, 0.1) is 6.54 Å². The van der Waals surface area contributed by atoms with Crippen LogP contribution in [-0.4, -0.2) is 28.8 Å². The minimum Gasteiger partial charge on any atom is -0.352 e. The molecular formula is C18H24N4O. The van der Waals surface area contributed by atoms with Gasteiger partial charge in [-0.15, -0.1) is 0 Å². The summed E-state index contributed by atoms with van der Waals surface area (Å²) in [6.07, 6.45) is 6.55. The third-order valence-electron chi connectivity index (χ3n) is 4.36. The third kappa shape index (κ3) is 4.93. The van der Waals surface area contributed by atoms with Crippen LogP contribution in [0.4, 0.5) is 0 Å². The van der Waals surface area contributed by atoms with Crippen LogP contribution in [0.1, 0.15) is 30.4 Å². The number of carbonyl (C=O) groups excluding carboxylic acids is 1. The van der Waals surface area contributed by atoms with Crippen LogP contribution >= 0.6 is 0 Å². The van der Waals surface area contributed by atoms with Crippen molar-refractivity contribution in [2.75, 3.05) is 13.1 Å². The predicted octanol–water partition coefficient (Wildman–Crippen LogP) is 1.94. The van der Waals surface area contributed by atoms with Gasteiger partial charge in [0.2, 0.25) is 5.91 Å². The van der Waals surface area contributed by atoms with E-state index in [-0.39, 0.29) is 5.91 Å². The van der Waals surface area contributed by atoms with Crippen molar-refractivity contribution in [1.82, 2.24) is 20.4 Å². The maximum atomic E-state index is 11.9. The maximum absolute atomic E-state index is 11.9. The molecule has 1 atom stereocenters. The van der Waals surface area contributed by atoms with Crippen LogP contribution in [0.15, 0.2) is 42.7 Å². The molecule has 0 aliphatic carbocycles. The summed E-state index contributed by atoms with van der Waals surface area (Å²) in [7, 11) is 0. The van der Waals surface area contributed by atoms with Gasteiger partial charge in [-0.25, -0.2) is 0 Å². The Balaban J connectivity index is 1.40. The van der Waals surface area contributed by atoms with Crippen molar-refractivity contribution in [2.45, 2.75) is 32.4 Å². The second kappa shape index (κ2) is 7.92. The lowest BCUT2D eigenvalue weighted by Crippen LogP contribution is -2.23. The second-order valence-electron chi connectivity index (χ2n) is 6.19. The molecule has 1 amide bonds. The van der Waals surface area contributed by atoms with E-state index in [9.17, 15) is 4.79 Å². The number of nitrogens with one attached hydrogen (secondary N) is 2. The molecule has 1 fully saturated rings. The van der Waals surface area contributed by atoms with Crippen molar-refractivity contribution in [1.29, 1.82) is 0 Å². The van der Waals surface area contributed by atoms with Gasteiger partial charge < -0.3 is 10.6 Å². The van der Waals surface area contributed by atoms with Gasteiger partial charge in [-0.3, -0.25) is 9.48 Å². The molecular weight excluding hydrogens is 288 g/mol. The summed E-state index contributed by atoms with van der Waals surface area (Å²) in [5.41, 5.74) is 2.34. The van der Waals surface area contributed by atoms with Crippen LogP contribution in [-0.2, 0) is 17.9 Å². The Kier molecular flexibility index (Phi) is 5.42. The Labute approximate surface area is 137 Å². The number of aromatic nitrogens is 2. The third-order valence-corrected chi connectivity index (χ3v) is 4.36. The average Bonchev–Trinajstić information content (AvgIpc) is 3.26. The summed E-state index contributed by atoms with van der Waals surface area (Å²) in [5, 5.41) is 10.5. The van der Waals surface area contributed by atoms with E-state index >= 15 is 0 Å². The maximum Gasteiger partial charge on any atom is 0.220 e. The van der Waals surface area contributed by atoms with Crippen LogP contribution in [0.3, 0.4) is 0 Å². The zero-order valence-corrected chi connectivity index (χ0v) is 13.4. The highest BCUT2D eigenvalue weighted by Gasteiger charge is 2.15. The fraction of sp³-hybridized carbons (Fsp3) is 0.444. The molecule has 0 saturated carbocycles. The molecule has 2 N–H and O–H groups in total. The SMILES string of the molecule is O=C(CCC1CCNC1)NCc1ccc(Cn2cccn2)cc1. The summed E-state index contributed by atoms with van der Waals surface area (Å²) < 4.78 is 1.90. The summed E-state index contributed by atoms with van der Waals surface area (Å²) in [6, 6.07) is 10.2. The number of amides is 1. The summed E-state index contributed by atoms with van der Waals surface area (Å²) in [6.45, 7) is 3.53. The van der Waals surface area contributed by atoms with E-state index in [1.807, 2.05) is 16.9 Å². The first-order valence-electron chi connectivity index (χ1n) is 8.32. The number of hydrogen-bond acceptors (Lipinski definition) is 3. The number of carbonyl (C=O) groups is 1. The van der Waals surface area contributed by atoms with E-state index in [1.54, 1.807) is 6.20 Å². The molecule has 1 aliphatic heterocycles. The van der Waals surface area contributed by atoms with Crippen LogP contribution in [0, 0.1) is 5.92 Å². The Hall–Kier alpha value is -2.14. The lowest BCUT2D eigenvalue weighted by Gasteiger charge is -2.09. The highest BCUT2D eigenvalue weighted by Crippen LogP contribution is 2.14. The van der Waals surface area contributed by atoms with Crippen LogP contribution in [0.5, 0.6) is 0 Å². The van der Waals surface area contributed by atoms with E-state index in [0.29, 0.717) is 18.9 Å². The Morgan fingerprint density at radius 2 is 2.13 bits per heavy atom. The largest absolute Gasteiger partial charge is 0.352 e. The van der Waals surface area contributed by atoms with E-state index in [0.717, 1.165) is 31.6 Å². The van der Waals surface area contributed by atoms with Gasteiger partial charge in [0, 0.05) is 25.4 Å². The van der Waals surface area contributed by atoms with E-state index in [2.05, 4.69) is 40.0 Å². The summed E-state index contributed by atoms with van der Waals surface area (Å²) in [5.74, 6) is 0.819.